The van der Waals surface area contributed by atoms with Gasteiger partial charge in [-0.1, -0.05) is 24.3 Å². The van der Waals surface area contributed by atoms with Crippen molar-refractivity contribution in [2.45, 2.75) is 12.8 Å². The zero-order valence-electron chi connectivity index (χ0n) is 8.52. The van der Waals surface area contributed by atoms with Gasteiger partial charge < -0.3 is 5.11 Å². The molecule has 0 saturated heterocycles. The lowest BCUT2D eigenvalue weighted by Crippen LogP contribution is -2.17. The molecule has 0 aliphatic heterocycles. The van der Waals surface area contributed by atoms with E-state index in [4.69, 9.17) is 11.5 Å². The van der Waals surface area contributed by atoms with Gasteiger partial charge in [-0.05, 0) is 18.6 Å². The first-order valence-electron chi connectivity index (χ1n) is 4.84. The Balaban J connectivity index is 2.77. The maximum atomic E-state index is 11.0. The van der Waals surface area contributed by atoms with Crippen LogP contribution in [0.25, 0.3) is 0 Å². The first-order valence-corrected chi connectivity index (χ1v) is 4.84. The maximum Gasteiger partial charge on any atom is 0.178 e. The summed E-state index contributed by atoms with van der Waals surface area (Å²) in [5.41, 5.74) is -0.256. The van der Waals surface area contributed by atoms with E-state index in [1.165, 1.54) is 0 Å². The number of carbonyl (C=O) groups is 1. The number of terminal acetylenes is 1. The fraction of sp³-hybridized carbons (Fsp3) is 0.308. The molecule has 1 aliphatic rings. The molecule has 0 saturated carbocycles. The molecular weight excluding hydrogens is 188 g/mol. The van der Waals surface area contributed by atoms with E-state index in [0.29, 0.717) is 12.8 Å². The summed E-state index contributed by atoms with van der Waals surface area (Å²) in [4.78, 5) is 11.0. The minimum absolute atomic E-state index is 0.00576. The van der Waals surface area contributed by atoms with E-state index in [-0.39, 0.29) is 17.8 Å². The van der Waals surface area contributed by atoms with Gasteiger partial charge in [-0.15, -0.1) is 12.3 Å². The molecule has 0 atom stereocenters. The molecule has 1 aliphatic carbocycles. The molecule has 0 unspecified atom stereocenters. The molecule has 1 rings (SSSR count). The van der Waals surface area contributed by atoms with Gasteiger partial charge in [0, 0.05) is 11.8 Å². The number of allylic oxidation sites excluding steroid dienone is 5. The Bertz CT molecular complexity index is 337. The molecule has 2 heteroatoms. The van der Waals surface area contributed by atoms with E-state index in [2.05, 4.69) is 5.92 Å². The van der Waals surface area contributed by atoms with Crippen LogP contribution >= 0.6 is 0 Å². The van der Waals surface area contributed by atoms with E-state index in [9.17, 15) is 4.79 Å². The van der Waals surface area contributed by atoms with Crippen LogP contribution in [0.3, 0.4) is 0 Å². The summed E-state index contributed by atoms with van der Waals surface area (Å²) in [6, 6.07) is 0. The first-order chi connectivity index (χ1) is 7.22. The molecule has 0 spiro atoms. The van der Waals surface area contributed by atoms with Gasteiger partial charge in [-0.2, -0.15) is 0 Å². The number of rotatable bonds is 4. The van der Waals surface area contributed by atoms with Gasteiger partial charge in [0.05, 0.1) is 6.61 Å². The SMILES string of the molecule is C#CCC1(C/C=C/CO)C=CC(=O)C=C1. The summed E-state index contributed by atoms with van der Waals surface area (Å²) in [5.74, 6) is 2.60. The molecule has 0 amide bonds. The highest BCUT2D eigenvalue weighted by atomic mass is 16.2. The van der Waals surface area contributed by atoms with Crippen molar-refractivity contribution >= 4 is 5.78 Å². The van der Waals surface area contributed by atoms with Crippen LogP contribution in [0, 0.1) is 17.8 Å². The van der Waals surface area contributed by atoms with Crippen molar-refractivity contribution in [3.63, 3.8) is 0 Å². The molecule has 15 heavy (non-hydrogen) atoms. The molecular formula is C13H14O2. The Morgan fingerprint density at radius 3 is 2.60 bits per heavy atom. The molecule has 0 heterocycles. The summed E-state index contributed by atoms with van der Waals surface area (Å²) >= 11 is 0. The van der Waals surface area contributed by atoms with Gasteiger partial charge in [0.25, 0.3) is 0 Å². The van der Waals surface area contributed by atoms with Gasteiger partial charge in [0.15, 0.2) is 5.78 Å². The van der Waals surface area contributed by atoms with Crippen LogP contribution in [-0.4, -0.2) is 17.5 Å². The van der Waals surface area contributed by atoms with Gasteiger partial charge in [-0.25, -0.2) is 0 Å². The van der Waals surface area contributed by atoms with E-state index in [0.717, 1.165) is 0 Å². The summed E-state index contributed by atoms with van der Waals surface area (Å²) in [6.07, 6.45) is 16.9. The Morgan fingerprint density at radius 2 is 2.07 bits per heavy atom. The normalized spacial score (nSPS) is 18.3. The fourth-order valence-electron chi connectivity index (χ4n) is 1.50. The number of carbonyl (C=O) groups excluding carboxylic acids is 1. The minimum atomic E-state index is -0.256. The van der Waals surface area contributed by atoms with Crippen molar-refractivity contribution in [2.75, 3.05) is 6.61 Å². The standard InChI is InChI=1S/C13H14O2/c1-2-7-13(8-3-4-11-14)9-5-12(15)6-10-13/h1,3-6,9-10,14H,7-8,11H2/b4-3+. The van der Waals surface area contributed by atoms with Crippen LogP contribution in [0.5, 0.6) is 0 Å². The smallest absolute Gasteiger partial charge is 0.178 e. The second-order valence-electron chi connectivity index (χ2n) is 3.54. The lowest BCUT2D eigenvalue weighted by Gasteiger charge is -2.25. The quantitative estimate of drug-likeness (QED) is 0.555. The predicted molar refractivity (Wildman–Crippen MR) is 60.0 cm³/mol. The van der Waals surface area contributed by atoms with Crippen LogP contribution in [0.1, 0.15) is 12.8 Å². The zero-order valence-corrected chi connectivity index (χ0v) is 8.52. The number of hydrogen-bond acceptors (Lipinski definition) is 2. The lowest BCUT2D eigenvalue weighted by atomic mass is 9.78. The zero-order chi connectivity index (χ0) is 11.1. The van der Waals surface area contributed by atoms with Crippen molar-refractivity contribution in [1.29, 1.82) is 0 Å². The average molecular weight is 202 g/mol. The van der Waals surface area contributed by atoms with Gasteiger partial charge in [-0.3, -0.25) is 4.79 Å². The fourth-order valence-corrected chi connectivity index (χ4v) is 1.50. The van der Waals surface area contributed by atoms with Crippen LogP contribution in [0.15, 0.2) is 36.5 Å². The molecule has 0 aromatic rings. The molecule has 0 fully saturated rings. The van der Waals surface area contributed by atoms with Crippen molar-refractivity contribution < 1.29 is 9.90 Å². The number of ketones is 1. The number of aliphatic hydroxyl groups is 1. The monoisotopic (exact) mass is 202 g/mol. The molecule has 0 radical (unpaired) electrons. The van der Waals surface area contributed by atoms with Crippen molar-refractivity contribution in [3.05, 3.63) is 36.5 Å². The van der Waals surface area contributed by atoms with E-state index in [1.54, 1.807) is 18.2 Å². The average Bonchev–Trinajstić information content (AvgIpc) is 2.23. The third-order valence-corrected chi connectivity index (χ3v) is 2.36. The highest BCUT2D eigenvalue weighted by Crippen LogP contribution is 2.32. The number of hydrogen-bond donors (Lipinski definition) is 1. The Labute approximate surface area is 90.0 Å². The van der Waals surface area contributed by atoms with Crippen LogP contribution < -0.4 is 0 Å². The molecule has 1 N–H and O–H groups in total. The summed E-state index contributed by atoms with van der Waals surface area (Å²) < 4.78 is 0. The maximum absolute atomic E-state index is 11.0. The van der Waals surface area contributed by atoms with Crippen molar-refractivity contribution in [3.8, 4) is 12.3 Å². The van der Waals surface area contributed by atoms with Gasteiger partial charge >= 0.3 is 0 Å². The third kappa shape index (κ3) is 3.23. The van der Waals surface area contributed by atoms with E-state index >= 15 is 0 Å². The second-order valence-corrected chi connectivity index (χ2v) is 3.54. The van der Waals surface area contributed by atoms with Gasteiger partial charge in [0.2, 0.25) is 0 Å². The lowest BCUT2D eigenvalue weighted by molar-refractivity contribution is -0.110. The number of aliphatic hydroxyl groups excluding tert-OH is 1. The van der Waals surface area contributed by atoms with E-state index < -0.39 is 0 Å². The minimum Gasteiger partial charge on any atom is -0.392 e. The summed E-state index contributed by atoms with van der Waals surface area (Å²) in [5, 5.41) is 8.63. The Kier molecular flexibility index (Phi) is 4.08. The second kappa shape index (κ2) is 5.33. The van der Waals surface area contributed by atoms with E-state index in [1.807, 2.05) is 18.2 Å². The van der Waals surface area contributed by atoms with Crippen LogP contribution in [0.4, 0.5) is 0 Å². The third-order valence-electron chi connectivity index (χ3n) is 2.36. The first kappa shape index (κ1) is 11.5. The summed E-state index contributed by atoms with van der Waals surface area (Å²) in [6.45, 7) is 0.0263. The molecule has 0 aromatic carbocycles. The van der Waals surface area contributed by atoms with Gasteiger partial charge in [0.1, 0.15) is 0 Å². The predicted octanol–water partition coefficient (Wildman–Crippen LogP) is 1.63. The highest BCUT2D eigenvalue weighted by molar-refractivity contribution is 6.00. The topological polar surface area (TPSA) is 37.3 Å². The summed E-state index contributed by atoms with van der Waals surface area (Å²) in [7, 11) is 0. The Morgan fingerprint density at radius 1 is 1.40 bits per heavy atom. The molecule has 0 bridgehead atoms. The molecule has 0 aromatic heterocycles. The van der Waals surface area contributed by atoms with Crippen molar-refractivity contribution in [1.82, 2.24) is 0 Å². The van der Waals surface area contributed by atoms with Crippen LogP contribution in [0.2, 0.25) is 0 Å². The largest absolute Gasteiger partial charge is 0.392 e. The molecule has 78 valence electrons. The van der Waals surface area contributed by atoms with Crippen LogP contribution in [-0.2, 0) is 4.79 Å². The molecule has 2 nitrogen and oxygen atoms in total. The van der Waals surface area contributed by atoms with Crippen molar-refractivity contribution in [2.24, 2.45) is 5.41 Å². The highest BCUT2D eigenvalue weighted by Gasteiger charge is 2.24. The Hall–Kier alpha value is -1.59.